The SMILES string of the molecule is COc1ccc2cc([C@H](C)C(=O)NCCCN3CCN(c4ccccc4)CC3)ccc2c1. The number of anilines is 1. The van der Waals surface area contributed by atoms with Gasteiger partial charge in [-0.15, -0.1) is 0 Å². The zero-order valence-electron chi connectivity index (χ0n) is 19.1. The van der Waals surface area contributed by atoms with Crippen LogP contribution in [0.3, 0.4) is 0 Å². The minimum Gasteiger partial charge on any atom is -0.497 e. The molecule has 0 aromatic heterocycles. The van der Waals surface area contributed by atoms with E-state index in [1.54, 1.807) is 7.11 Å². The van der Waals surface area contributed by atoms with Crippen molar-refractivity contribution in [1.29, 1.82) is 0 Å². The Labute approximate surface area is 191 Å². The van der Waals surface area contributed by atoms with Gasteiger partial charge in [-0.2, -0.15) is 0 Å². The highest BCUT2D eigenvalue weighted by Crippen LogP contribution is 2.25. The fraction of sp³-hybridized carbons (Fsp3) is 0.370. The van der Waals surface area contributed by atoms with E-state index >= 15 is 0 Å². The Morgan fingerprint density at radius 3 is 2.44 bits per heavy atom. The number of methoxy groups -OCH3 is 1. The molecule has 1 aliphatic rings. The third kappa shape index (κ3) is 5.40. The predicted molar refractivity (Wildman–Crippen MR) is 132 cm³/mol. The maximum Gasteiger partial charge on any atom is 0.227 e. The Kier molecular flexibility index (Phi) is 7.28. The van der Waals surface area contributed by atoms with Crippen LogP contribution in [0.25, 0.3) is 10.8 Å². The van der Waals surface area contributed by atoms with Crippen LogP contribution in [0.5, 0.6) is 5.75 Å². The number of rotatable bonds is 8. The molecule has 1 saturated heterocycles. The molecule has 1 fully saturated rings. The second-order valence-corrected chi connectivity index (χ2v) is 8.50. The zero-order valence-corrected chi connectivity index (χ0v) is 19.1. The summed E-state index contributed by atoms with van der Waals surface area (Å²) in [4.78, 5) is 17.6. The van der Waals surface area contributed by atoms with Crippen LogP contribution in [0.4, 0.5) is 5.69 Å². The quantitative estimate of drug-likeness (QED) is 0.541. The molecule has 0 unspecified atom stereocenters. The van der Waals surface area contributed by atoms with E-state index < -0.39 is 0 Å². The van der Waals surface area contributed by atoms with Crippen molar-refractivity contribution in [1.82, 2.24) is 10.2 Å². The van der Waals surface area contributed by atoms with E-state index in [4.69, 9.17) is 4.74 Å². The van der Waals surface area contributed by atoms with E-state index in [1.807, 2.05) is 31.2 Å². The van der Waals surface area contributed by atoms with Gasteiger partial charge in [0.2, 0.25) is 5.91 Å². The number of ether oxygens (including phenoxy) is 1. The number of fused-ring (bicyclic) bond motifs is 1. The van der Waals surface area contributed by atoms with Crippen LogP contribution in [0.15, 0.2) is 66.7 Å². The molecule has 1 amide bonds. The molecule has 0 saturated carbocycles. The van der Waals surface area contributed by atoms with Crippen LogP contribution < -0.4 is 15.0 Å². The second kappa shape index (κ2) is 10.5. The number of carbonyl (C=O) groups excluding carboxylic acids is 1. The van der Waals surface area contributed by atoms with Crippen molar-refractivity contribution < 1.29 is 9.53 Å². The van der Waals surface area contributed by atoms with Crippen molar-refractivity contribution in [2.75, 3.05) is 51.3 Å². The van der Waals surface area contributed by atoms with Gasteiger partial charge in [0.15, 0.2) is 0 Å². The molecule has 1 atom stereocenters. The monoisotopic (exact) mass is 431 g/mol. The van der Waals surface area contributed by atoms with Gasteiger partial charge in [0.05, 0.1) is 13.0 Å². The second-order valence-electron chi connectivity index (χ2n) is 8.50. The fourth-order valence-electron chi connectivity index (χ4n) is 4.33. The van der Waals surface area contributed by atoms with Gasteiger partial charge >= 0.3 is 0 Å². The summed E-state index contributed by atoms with van der Waals surface area (Å²) >= 11 is 0. The predicted octanol–water partition coefficient (Wildman–Crippen LogP) is 4.28. The Morgan fingerprint density at radius 2 is 1.69 bits per heavy atom. The van der Waals surface area contributed by atoms with E-state index in [0.29, 0.717) is 6.54 Å². The van der Waals surface area contributed by atoms with E-state index in [9.17, 15) is 4.79 Å². The molecule has 168 valence electrons. The number of nitrogens with zero attached hydrogens (tertiary/aromatic N) is 2. The Morgan fingerprint density at radius 1 is 0.969 bits per heavy atom. The molecule has 3 aromatic carbocycles. The van der Waals surface area contributed by atoms with Crippen molar-refractivity contribution in [3.05, 3.63) is 72.3 Å². The summed E-state index contributed by atoms with van der Waals surface area (Å²) in [6, 6.07) is 22.8. The number of amides is 1. The van der Waals surface area contributed by atoms with Crippen LogP contribution in [0.2, 0.25) is 0 Å². The summed E-state index contributed by atoms with van der Waals surface area (Å²) in [5.41, 5.74) is 2.35. The summed E-state index contributed by atoms with van der Waals surface area (Å²) in [6.45, 7) is 7.97. The third-order valence-corrected chi connectivity index (χ3v) is 6.41. The highest BCUT2D eigenvalue weighted by atomic mass is 16.5. The highest BCUT2D eigenvalue weighted by molar-refractivity contribution is 5.88. The lowest BCUT2D eigenvalue weighted by Crippen LogP contribution is -2.47. The molecule has 0 radical (unpaired) electrons. The van der Waals surface area contributed by atoms with Gasteiger partial charge in [-0.3, -0.25) is 9.69 Å². The molecule has 5 heteroatoms. The van der Waals surface area contributed by atoms with Crippen molar-refractivity contribution in [2.24, 2.45) is 0 Å². The summed E-state index contributed by atoms with van der Waals surface area (Å²) in [5, 5.41) is 5.37. The molecule has 5 nitrogen and oxygen atoms in total. The molecule has 0 bridgehead atoms. The van der Waals surface area contributed by atoms with Gasteiger partial charge in [-0.05, 0) is 60.5 Å². The molecule has 4 rings (SSSR count). The van der Waals surface area contributed by atoms with E-state index in [2.05, 4.69) is 57.6 Å². The first-order valence-electron chi connectivity index (χ1n) is 11.5. The molecule has 32 heavy (non-hydrogen) atoms. The van der Waals surface area contributed by atoms with Gasteiger partial charge in [0.25, 0.3) is 0 Å². The number of piperazine rings is 1. The van der Waals surface area contributed by atoms with Gasteiger partial charge < -0.3 is 15.0 Å². The summed E-state index contributed by atoms with van der Waals surface area (Å²) < 4.78 is 5.29. The van der Waals surface area contributed by atoms with Crippen LogP contribution in [-0.4, -0.2) is 57.2 Å². The highest BCUT2D eigenvalue weighted by Gasteiger charge is 2.18. The first-order chi connectivity index (χ1) is 15.6. The first kappa shape index (κ1) is 22.2. The van der Waals surface area contributed by atoms with Crippen molar-refractivity contribution in [3.8, 4) is 5.75 Å². The van der Waals surface area contributed by atoms with Crippen molar-refractivity contribution in [2.45, 2.75) is 19.3 Å². The van der Waals surface area contributed by atoms with Gasteiger partial charge in [0, 0.05) is 38.4 Å². The molecule has 3 aromatic rings. The molecule has 1 N–H and O–H groups in total. The first-order valence-corrected chi connectivity index (χ1v) is 11.5. The number of hydrogen-bond donors (Lipinski definition) is 1. The minimum absolute atomic E-state index is 0.0896. The molecule has 1 aliphatic heterocycles. The molecular weight excluding hydrogens is 398 g/mol. The summed E-state index contributed by atoms with van der Waals surface area (Å²) in [5.74, 6) is 0.764. The normalized spacial score (nSPS) is 15.5. The fourth-order valence-corrected chi connectivity index (χ4v) is 4.33. The number of para-hydroxylation sites is 1. The number of benzene rings is 3. The number of nitrogens with one attached hydrogen (secondary N) is 1. The largest absolute Gasteiger partial charge is 0.497 e. The van der Waals surface area contributed by atoms with Gasteiger partial charge in [-0.1, -0.05) is 42.5 Å². The average Bonchev–Trinajstić information content (AvgIpc) is 2.86. The third-order valence-electron chi connectivity index (χ3n) is 6.41. The molecular formula is C27H33N3O2. The Balaban J connectivity index is 1.20. The van der Waals surface area contributed by atoms with Crippen LogP contribution in [-0.2, 0) is 4.79 Å². The lowest BCUT2D eigenvalue weighted by Gasteiger charge is -2.36. The average molecular weight is 432 g/mol. The topological polar surface area (TPSA) is 44.8 Å². The van der Waals surface area contributed by atoms with Crippen molar-refractivity contribution in [3.63, 3.8) is 0 Å². The van der Waals surface area contributed by atoms with Gasteiger partial charge in [0.1, 0.15) is 5.75 Å². The molecule has 1 heterocycles. The number of hydrogen-bond acceptors (Lipinski definition) is 4. The van der Waals surface area contributed by atoms with E-state index in [1.165, 1.54) is 5.69 Å². The zero-order chi connectivity index (χ0) is 22.3. The lowest BCUT2D eigenvalue weighted by atomic mass is 9.97. The smallest absolute Gasteiger partial charge is 0.227 e. The van der Waals surface area contributed by atoms with Crippen LogP contribution >= 0.6 is 0 Å². The van der Waals surface area contributed by atoms with E-state index in [-0.39, 0.29) is 11.8 Å². The summed E-state index contributed by atoms with van der Waals surface area (Å²) in [6.07, 6.45) is 0.974. The number of carbonyl (C=O) groups is 1. The van der Waals surface area contributed by atoms with Crippen LogP contribution in [0, 0.1) is 0 Å². The molecule has 0 aliphatic carbocycles. The van der Waals surface area contributed by atoms with Crippen molar-refractivity contribution >= 4 is 22.4 Å². The lowest BCUT2D eigenvalue weighted by molar-refractivity contribution is -0.122. The van der Waals surface area contributed by atoms with Crippen LogP contribution in [0.1, 0.15) is 24.8 Å². The van der Waals surface area contributed by atoms with Gasteiger partial charge in [-0.25, -0.2) is 0 Å². The standard InChI is InChI=1S/C27H33N3O2/c1-21(22-9-10-24-20-26(32-2)12-11-23(24)19-22)27(31)28-13-6-14-29-15-17-30(18-16-29)25-7-4-3-5-8-25/h3-5,7-12,19-21H,6,13-18H2,1-2H3,(H,28,31)/t21-/m0/s1. The Hall–Kier alpha value is -3.05. The summed E-state index contributed by atoms with van der Waals surface area (Å²) in [7, 11) is 1.67. The minimum atomic E-state index is -0.170. The maximum absolute atomic E-state index is 12.7. The van der Waals surface area contributed by atoms with E-state index in [0.717, 1.165) is 61.2 Å². The molecule has 0 spiro atoms. The Bertz CT molecular complexity index is 1030. The maximum atomic E-state index is 12.7.